The molecule has 3 nitrogen and oxygen atoms in total. The van der Waals surface area contributed by atoms with Crippen molar-refractivity contribution in [1.29, 1.82) is 0 Å². The fraction of sp³-hybridized carbons (Fsp3) is 0.350. The number of hydrogen-bond donors (Lipinski definition) is 0. The quantitative estimate of drug-likeness (QED) is 0.742. The summed E-state index contributed by atoms with van der Waals surface area (Å²) < 4.78 is 5.50. The molecule has 0 saturated carbocycles. The van der Waals surface area contributed by atoms with Crippen molar-refractivity contribution in [2.45, 2.75) is 24.9 Å². The molecule has 0 bridgehead atoms. The molecule has 0 radical (unpaired) electrons. The van der Waals surface area contributed by atoms with Gasteiger partial charge >= 0.3 is 0 Å². The van der Waals surface area contributed by atoms with Gasteiger partial charge in [-0.1, -0.05) is 53.5 Å². The van der Waals surface area contributed by atoms with E-state index in [9.17, 15) is 4.79 Å². The molecular formula is C20H21Cl2NO2. The number of amides is 1. The Balaban J connectivity index is 1.77. The molecule has 0 N–H and O–H groups in total. The predicted molar refractivity (Wildman–Crippen MR) is 101 cm³/mol. The van der Waals surface area contributed by atoms with E-state index in [2.05, 4.69) is 0 Å². The Bertz CT molecular complexity index is 715. The Morgan fingerprint density at radius 3 is 2.48 bits per heavy atom. The summed E-state index contributed by atoms with van der Waals surface area (Å²) in [6.07, 6.45) is 1.40. The molecule has 1 saturated heterocycles. The zero-order valence-corrected chi connectivity index (χ0v) is 15.6. The summed E-state index contributed by atoms with van der Waals surface area (Å²) in [5.41, 5.74) is 1.96. The monoisotopic (exact) mass is 377 g/mol. The Morgan fingerprint density at radius 2 is 1.84 bits per heavy atom. The lowest BCUT2D eigenvalue weighted by atomic mass is 9.90. The van der Waals surface area contributed by atoms with Crippen LogP contribution in [0.2, 0.25) is 10.0 Å². The smallest absolute Gasteiger partial charge is 0.256 e. The van der Waals surface area contributed by atoms with Gasteiger partial charge in [-0.15, -0.1) is 0 Å². The average molecular weight is 378 g/mol. The molecule has 2 aromatic rings. The molecule has 3 rings (SSSR count). The van der Waals surface area contributed by atoms with Crippen molar-refractivity contribution in [3.8, 4) is 0 Å². The fourth-order valence-electron chi connectivity index (χ4n) is 3.43. The molecule has 1 aliphatic rings. The predicted octanol–water partition coefficient (Wildman–Crippen LogP) is 5.09. The van der Waals surface area contributed by atoms with Crippen molar-refractivity contribution in [3.63, 3.8) is 0 Å². The minimum Gasteiger partial charge on any atom is -0.367 e. The Labute approximate surface area is 158 Å². The highest BCUT2D eigenvalue weighted by Gasteiger charge is 2.30. The van der Waals surface area contributed by atoms with Crippen LogP contribution in [0, 0.1) is 0 Å². The molecule has 5 heteroatoms. The van der Waals surface area contributed by atoms with Gasteiger partial charge < -0.3 is 9.64 Å². The zero-order valence-electron chi connectivity index (χ0n) is 14.1. The molecule has 1 heterocycles. The van der Waals surface area contributed by atoms with Crippen LogP contribution in [0.5, 0.6) is 0 Å². The zero-order chi connectivity index (χ0) is 17.8. The van der Waals surface area contributed by atoms with Gasteiger partial charge in [-0.25, -0.2) is 0 Å². The van der Waals surface area contributed by atoms with E-state index in [-0.39, 0.29) is 11.8 Å². The number of ether oxygens (including phenoxy) is 1. The second kappa shape index (κ2) is 8.22. The second-order valence-electron chi connectivity index (χ2n) is 6.35. The van der Waals surface area contributed by atoms with E-state index in [1.807, 2.05) is 47.4 Å². The lowest BCUT2D eigenvalue weighted by Gasteiger charge is -2.35. The Morgan fingerprint density at radius 1 is 1.16 bits per heavy atom. The van der Waals surface area contributed by atoms with Gasteiger partial charge in [0.15, 0.2) is 6.10 Å². The topological polar surface area (TPSA) is 29.5 Å². The standard InChI is InChI=1S/C20H21Cl2NO2/c1-25-19(14-6-3-2-4-7-14)20(24)23-9-5-8-15(13-23)16-10-17(21)12-18(22)11-16/h2-4,6-7,10-12,15,19H,5,8-9,13H2,1H3/t15?,19-/m1/s1. The van der Waals surface area contributed by atoms with Crippen LogP contribution in [0.1, 0.15) is 36.0 Å². The van der Waals surface area contributed by atoms with Gasteiger partial charge in [0, 0.05) is 36.2 Å². The van der Waals surface area contributed by atoms with E-state index in [1.165, 1.54) is 0 Å². The number of halogens is 2. The van der Waals surface area contributed by atoms with Crippen molar-refractivity contribution >= 4 is 29.1 Å². The van der Waals surface area contributed by atoms with Crippen LogP contribution in [0.25, 0.3) is 0 Å². The summed E-state index contributed by atoms with van der Waals surface area (Å²) >= 11 is 12.3. The number of hydrogen-bond acceptors (Lipinski definition) is 2. The van der Waals surface area contributed by atoms with Gasteiger partial charge in [0.2, 0.25) is 0 Å². The van der Waals surface area contributed by atoms with Gasteiger partial charge in [-0.3, -0.25) is 4.79 Å². The summed E-state index contributed by atoms with van der Waals surface area (Å²) in [6.45, 7) is 1.40. The fourth-order valence-corrected chi connectivity index (χ4v) is 3.98. The first-order valence-corrected chi connectivity index (χ1v) is 9.16. The van der Waals surface area contributed by atoms with E-state index >= 15 is 0 Å². The van der Waals surface area contributed by atoms with Crippen LogP contribution in [-0.4, -0.2) is 31.0 Å². The molecule has 1 unspecified atom stereocenters. The van der Waals surface area contributed by atoms with E-state index in [1.54, 1.807) is 13.2 Å². The lowest BCUT2D eigenvalue weighted by Crippen LogP contribution is -2.42. The van der Waals surface area contributed by atoms with Gasteiger partial charge in [0.05, 0.1) is 0 Å². The normalized spacial score (nSPS) is 18.8. The number of benzene rings is 2. The number of carbonyl (C=O) groups excluding carboxylic acids is 1. The molecular weight excluding hydrogens is 357 g/mol. The third kappa shape index (κ3) is 4.35. The average Bonchev–Trinajstić information content (AvgIpc) is 2.62. The second-order valence-corrected chi connectivity index (χ2v) is 7.23. The molecule has 2 atom stereocenters. The molecule has 0 spiro atoms. The van der Waals surface area contributed by atoms with Crippen molar-refractivity contribution in [3.05, 3.63) is 69.7 Å². The van der Waals surface area contributed by atoms with Gasteiger partial charge in [-0.05, 0) is 42.2 Å². The lowest BCUT2D eigenvalue weighted by molar-refractivity contribution is -0.143. The third-order valence-corrected chi connectivity index (χ3v) is 5.09. The molecule has 1 amide bonds. The third-order valence-electron chi connectivity index (χ3n) is 4.65. The van der Waals surface area contributed by atoms with Crippen LogP contribution in [0.15, 0.2) is 48.5 Å². The summed E-state index contributed by atoms with van der Waals surface area (Å²) in [5, 5.41) is 1.26. The molecule has 132 valence electrons. The number of piperidine rings is 1. The van der Waals surface area contributed by atoms with E-state index in [0.717, 1.165) is 30.5 Å². The molecule has 25 heavy (non-hydrogen) atoms. The Hall–Kier alpha value is -1.55. The van der Waals surface area contributed by atoms with E-state index in [4.69, 9.17) is 27.9 Å². The maximum atomic E-state index is 13.0. The first-order valence-electron chi connectivity index (χ1n) is 8.41. The van der Waals surface area contributed by atoms with Crippen LogP contribution < -0.4 is 0 Å². The van der Waals surface area contributed by atoms with Crippen molar-refractivity contribution < 1.29 is 9.53 Å². The summed E-state index contributed by atoms with van der Waals surface area (Å²) in [6, 6.07) is 15.2. The first kappa shape index (κ1) is 18.2. The van der Waals surface area contributed by atoms with Crippen molar-refractivity contribution in [1.82, 2.24) is 4.90 Å². The largest absolute Gasteiger partial charge is 0.367 e. The number of likely N-dealkylation sites (tertiary alicyclic amines) is 1. The van der Waals surface area contributed by atoms with E-state index < -0.39 is 6.10 Å². The summed E-state index contributed by atoms with van der Waals surface area (Å²) in [5.74, 6) is 0.244. The van der Waals surface area contributed by atoms with Gasteiger partial charge in [0.25, 0.3) is 5.91 Å². The van der Waals surface area contributed by atoms with Crippen LogP contribution in [0.3, 0.4) is 0 Å². The van der Waals surface area contributed by atoms with Crippen LogP contribution >= 0.6 is 23.2 Å². The number of carbonyl (C=O) groups is 1. The van der Waals surface area contributed by atoms with Gasteiger partial charge in [0.1, 0.15) is 0 Å². The molecule has 2 aromatic carbocycles. The van der Waals surface area contributed by atoms with Gasteiger partial charge in [-0.2, -0.15) is 0 Å². The highest BCUT2D eigenvalue weighted by molar-refractivity contribution is 6.34. The highest BCUT2D eigenvalue weighted by atomic mass is 35.5. The van der Waals surface area contributed by atoms with Crippen molar-refractivity contribution in [2.75, 3.05) is 20.2 Å². The summed E-state index contributed by atoms with van der Waals surface area (Å²) in [7, 11) is 1.58. The number of methoxy groups -OCH3 is 1. The minimum absolute atomic E-state index is 0.00604. The van der Waals surface area contributed by atoms with E-state index in [0.29, 0.717) is 16.6 Å². The van der Waals surface area contributed by atoms with Crippen LogP contribution in [-0.2, 0) is 9.53 Å². The summed E-state index contributed by atoms with van der Waals surface area (Å²) in [4.78, 5) is 14.9. The Kier molecular flexibility index (Phi) is 6.00. The molecule has 0 aliphatic carbocycles. The maximum absolute atomic E-state index is 13.0. The maximum Gasteiger partial charge on any atom is 0.256 e. The van der Waals surface area contributed by atoms with Crippen LogP contribution in [0.4, 0.5) is 0 Å². The SMILES string of the molecule is CO[C@@H](C(=O)N1CCCC(c2cc(Cl)cc(Cl)c2)C1)c1ccccc1. The molecule has 1 aliphatic heterocycles. The minimum atomic E-state index is -0.567. The molecule has 0 aromatic heterocycles. The number of rotatable bonds is 4. The number of nitrogens with zero attached hydrogens (tertiary/aromatic N) is 1. The molecule has 1 fully saturated rings. The first-order chi connectivity index (χ1) is 12.1. The van der Waals surface area contributed by atoms with Crippen molar-refractivity contribution in [2.24, 2.45) is 0 Å². The highest BCUT2D eigenvalue weighted by Crippen LogP contribution is 2.32.